The molecule has 0 heterocycles. The van der Waals surface area contributed by atoms with Crippen molar-refractivity contribution >= 4 is 0 Å². The highest BCUT2D eigenvalue weighted by Crippen LogP contribution is 2.60. The van der Waals surface area contributed by atoms with Crippen molar-refractivity contribution in [3.8, 4) is 0 Å². The first-order valence-electron chi connectivity index (χ1n) is 14.0. The smallest absolute Gasteiger partial charge is 0.105 e. The highest BCUT2D eigenvalue weighted by atomic mass is 16.5. The Bertz CT molecular complexity index is 795. The van der Waals surface area contributed by atoms with Crippen molar-refractivity contribution < 1.29 is 14.9 Å². The Balaban J connectivity index is 1.62. The number of rotatable bonds is 11. The van der Waals surface area contributed by atoms with Crippen LogP contribution in [0.25, 0.3) is 0 Å². The zero-order valence-electron chi connectivity index (χ0n) is 22.6. The van der Waals surface area contributed by atoms with Crippen molar-refractivity contribution in [2.45, 2.75) is 116 Å². The number of allylic oxidation sites excluding steroid dienone is 3. The van der Waals surface area contributed by atoms with Gasteiger partial charge in [0.05, 0.1) is 18.2 Å². The molecule has 0 aromatic heterocycles. The van der Waals surface area contributed by atoms with Crippen LogP contribution in [0, 0.1) is 28.1 Å². The van der Waals surface area contributed by atoms with Gasteiger partial charge in [-0.1, -0.05) is 56.2 Å². The molecule has 6 atom stereocenters. The SMILES string of the molecule is C=C1/C(=C\C=C2/CCCC3(C)C2CCC3[C@H](C)CCCC(C)(C)O)CCC(OCCCN=O)C1O. The molecule has 35 heavy (non-hydrogen) atoms. The number of hydrogen-bond donors (Lipinski definition) is 2. The van der Waals surface area contributed by atoms with Crippen molar-refractivity contribution in [1.29, 1.82) is 0 Å². The van der Waals surface area contributed by atoms with E-state index in [0.717, 1.165) is 42.7 Å². The van der Waals surface area contributed by atoms with E-state index in [1.165, 1.54) is 38.5 Å². The molecular formula is C30H49NO4. The highest BCUT2D eigenvalue weighted by Gasteiger charge is 2.50. The second-order valence-corrected chi connectivity index (χ2v) is 12.3. The van der Waals surface area contributed by atoms with E-state index in [4.69, 9.17) is 4.74 Å². The minimum Gasteiger partial charge on any atom is -0.390 e. The zero-order chi connectivity index (χ0) is 25.6. The van der Waals surface area contributed by atoms with Crippen molar-refractivity contribution in [3.63, 3.8) is 0 Å². The molecule has 2 N–H and O–H groups in total. The van der Waals surface area contributed by atoms with E-state index in [1.807, 2.05) is 13.8 Å². The molecule has 0 amide bonds. The highest BCUT2D eigenvalue weighted by molar-refractivity contribution is 5.39. The number of ether oxygens (including phenoxy) is 1. The van der Waals surface area contributed by atoms with E-state index in [9.17, 15) is 15.1 Å². The molecule has 3 aliphatic carbocycles. The molecule has 5 heteroatoms. The molecule has 0 spiro atoms. The quantitative estimate of drug-likeness (QED) is 0.246. The van der Waals surface area contributed by atoms with Crippen LogP contribution in [0.5, 0.6) is 0 Å². The fourth-order valence-corrected chi connectivity index (χ4v) is 7.24. The van der Waals surface area contributed by atoms with Crippen LogP contribution < -0.4 is 0 Å². The Hall–Kier alpha value is -1.30. The molecule has 198 valence electrons. The second kappa shape index (κ2) is 12.3. The van der Waals surface area contributed by atoms with E-state index in [1.54, 1.807) is 5.57 Å². The number of fused-ring (bicyclic) bond motifs is 1. The van der Waals surface area contributed by atoms with Crippen LogP contribution in [0.4, 0.5) is 0 Å². The number of hydrogen-bond acceptors (Lipinski definition) is 5. The Morgan fingerprint density at radius 3 is 2.71 bits per heavy atom. The molecule has 3 saturated carbocycles. The van der Waals surface area contributed by atoms with Crippen molar-refractivity contribution in [1.82, 2.24) is 0 Å². The lowest BCUT2D eigenvalue weighted by Crippen LogP contribution is -2.36. The minimum absolute atomic E-state index is 0.245. The van der Waals surface area contributed by atoms with Gasteiger partial charge < -0.3 is 14.9 Å². The monoisotopic (exact) mass is 487 g/mol. The summed E-state index contributed by atoms with van der Waals surface area (Å²) in [5, 5.41) is 23.7. The van der Waals surface area contributed by atoms with Gasteiger partial charge in [0.1, 0.15) is 6.10 Å². The first-order valence-corrected chi connectivity index (χ1v) is 14.0. The summed E-state index contributed by atoms with van der Waals surface area (Å²) in [5.74, 6) is 2.10. The van der Waals surface area contributed by atoms with Gasteiger partial charge in [0.25, 0.3) is 0 Å². The van der Waals surface area contributed by atoms with E-state index >= 15 is 0 Å². The van der Waals surface area contributed by atoms with Gasteiger partial charge in [-0.25, -0.2) is 0 Å². The largest absolute Gasteiger partial charge is 0.390 e. The van der Waals surface area contributed by atoms with Crippen LogP contribution >= 0.6 is 0 Å². The van der Waals surface area contributed by atoms with Crippen LogP contribution in [0.2, 0.25) is 0 Å². The Morgan fingerprint density at radius 1 is 1.23 bits per heavy atom. The van der Waals surface area contributed by atoms with E-state index < -0.39 is 11.7 Å². The zero-order valence-corrected chi connectivity index (χ0v) is 22.6. The normalized spacial score (nSPS) is 34.9. The molecule has 0 saturated heterocycles. The van der Waals surface area contributed by atoms with Crippen molar-refractivity contribution in [2.24, 2.45) is 28.3 Å². The lowest BCUT2D eigenvalue weighted by atomic mass is 9.60. The number of aliphatic hydroxyl groups is 2. The molecule has 0 bridgehead atoms. The predicted molar refractivity (Wildman–Crippen MR) is 143 cm³/mol. The average Bonchev–Trinajstić information content (AvgIpc) is 3.15. The molecule has 0 aliphatic heterocycles. The van der Waals surface area contributed by atoms with Crippen LogP contribution in [-0.4, -0.2) is 41.2 Å². The maximum absolute atomic E-state index is 10.7. The van der Waals surface area contributed by atoms with Crippen LogP contribution in [-0.2, 0) is 4.74 Å². The molecule has 5 unspecified atom stereocenters. The van der Waals surface area contributed by atoms with Crippen molar-refractivity contribution in [3.05, 3.63) is 40.4 Å². The summed E-state index contributed by atoms with van der Waals surface area (Å²) >= 11 is 0. The molecule has 3 rings (SSSR count). The third-order valence-electron chi connectivity index (χ3n) is 9.22. The van der Waals surface area contributed by atoms with Gasteiger partial charge in [0.15, 0.2) is 0 Å². The van der Waals surface area contributed by atoms with E-state index in [2.05, 4.69) is 37.8 Å². The number of nitrogens with zero attached hydrogens (tertiary/aromatic N) is 1. The van der Waals surface area contributed by atoms with E-state index in [0.29, 0.717) is 30.3 Å². The molecule has 0 aromatic carbocycles. The summed E-state index contributed by atoms with van der Waals surface area (Å²) in [4.78, 5) is 10.2. The molecule has 5 nitrogen and oxygen atoms in total. The molecule has 3 aliphatic rings. The van der Waals surface area contributed by atoms with Crippen molar-refractivity contribution in [2.75, 3.05) is 13.2 Å². The molecule has 3 fully saturated rings. The van der Waals surface area contributed by atoms with Crippen LogP contribution in [0.3, 0.4) is 0 Å². The summed E-state index contributed by atoms with van der Waals surface area (Å²) in [6, 6.07) is 0. The summed E-state index contributed by atoms with van der Waals surface area (Å²) in [6.07, 6.45) is 15.4. The summed E-state index contributed by atoms with van der Waals surface area (Å²) < 4.78 is 5.79. The van der Waals surface area contributed by atoms with Gasteiger partial charge in [-0.3, -0.25) is 0 Å². The van der Waals surface area contributed by atoms with Gasteiger partial charge >= 0.3 is 0 Å². The van der Waals surface area contributed by atoms with Gasteiger partial charge in [0, 0.05) is 6.61 Å². The topological polar surface area (TPSA) is 79.1 Å². The van der Waals surface area contributed by atoms with E-state index in [-0.39, 0.29) is 12.6 Å². The Kier molecular flexibility index (Phi) is 9.93. The summed E-state index contributed by atoms with van der Waals surface area (Å²) in [7, 11) is 0. The summed E-state index contributed by atoms with van der Waals surface area (Å²) in [6.45, 7) is 13.7. The Labute approximate surface area is 213 Å². The molecule has 0 radical (unpaired) electrons. The average molecular weight is 488 g/mol. The third kappa shape index (κ3) is 7.14. The fraction of sp³-hybridized carbons (Fsp3) is 0.800. The standard InChI is InChI=1S/C30H49NO4/c1-21(9-6-17-29(3,4)33)25-14-15-26-24(10-7-18-30(25,26)5)12-11-23-13-16-27(28(32)22(23)2)35-20-8-19-31-34/h11-12,21,25-28,32-33H,2,6-10,13-20H2,1,3-5H3/b23-11-,24-12+/t21-,25?,26?,27?,28?,30?/m1/s1. The predicted octanol–water partition coefficient (Wildman–Crippen LogP) is 6.89. The summed E-state index contributed by atoms with van der Waals surface area (Å²) in [5.41, 5.74) is 3.30. The Morgan fingerprint density at radius 2 is 2.00 bits per heavy atom. The van der Waals surface area contributed by atoms with Gasteiger partial charge in [-0.2, -0.15) is 4.91 Å². The fourth-order valence-electron chi connectivity index (χ4n) is 7.24. The lowest BCUT2D eigenvalue weighted by molar-refractivity contribution is -0.0312. The van der Waals surface area contributed by atoms with Gasteiger partial charge in [-0.15, -0.1) is 0 Å². The number of nitroso groups, excluding NO2 is 1. The second-order valence-electron chi connectivity index (χ2n) is 12.3. The first-order chi connectivity index (χ1) is 16.6. The van der Waals surface area contributed by atoms with Gasteiger partial charge in [-0.05, 0) is 106 Å². The molecular weight excluding hydrogens is 438 g/mol. The maximum atomic E-state index is 10.7. The minimum atomic E-state index is -0.685. The van der Waals surface area contributed by atoms with Crippen LogP contribution in [0.1, 0.15) is 98.3 Å². The third-order valence-corrected chi connectivity index (χ3v) is 9.22. The first kappa shape index (κ1) is 28.3. The van der Waals surface area contributed by atoms with Gasteiger partial charge in [0.2, 0.25) is 0 Å². The van der Waals surface area contributed by atoms with Crippen LogP contribution in [0.15, 0.2) is 40.6 Å². The number of aliphatic hydroxyl groups excluding tert-OH is 1. The lowest BCUT2D eigenvalue weighted by Gasteiger charge is -2.44. The molecule has 0 aromatic rings. The maximum Gasteiger partial charge on any atom is 0.105 e.